The van der Waals surface area contributed by atoms with Crippen molar-refractivity contribution in [1.82, 2.24) is 14.9 Å². The zero-order valence-electron chi connectivity index (χ0n) is 21.6. The van der Waals surface area contributed by atoms with Crippen LogP contribution in [0.3, 0.4) is 0 Å². The molecule has 3 aromatic rings. The van der Waals surface area contributed by atoms with Crippen LogP contribution in [0, 0.1) is 0 Å². The van der Waals surface area contributed by atoms with Crippen LogP contribution in [-0.2, 0) is 9.47 Å². The molecule has 1 aliphatic heterocycles. The van der Waals surface area contributed by atoms with E-state index >= 15 is 0 Å². The minimum absolute atomic E-state index is 0.0114. The third-order valence-corrected chi connectivity index (χ3v) is 6.08. The molecule has 1 fully saturated rings. The molecule has 1 aromatic carbocycles. The van der Waals surface area contributed by atoms with Crippen molar-refractivity contribution in [1.29, 1.82) is 0 Å². The molecule has 200 valence electrons. The topological polar surface area (TPSA) is 112 Å². The quantitative estimate of drug-likeness (QED) is 0.301. The molecule has 10 nitrogen and oxygen atoms in total. The first-order valence-corrected chi connectivity index (χ1v) is 12.8. The van der Waals surface area contributed by atoms with E-state index in [0.717, 1.165) is 35.5 Å². The number of benzene rings is 1. The van der Waals surface area contributed by atoms with Gasteiger partial charge in [-0.05, 0) is 38.1 Å². The second kappa shape index (κ2) is 13.3. The molecule has 0 radical (unpaired) electrons. The first-order valence-electron chi connectivity index (χ1n) is 12.8. The number of hydrogen-bond donors (Lipinski definition) is 3. The molecule has 0 unspecified atom stereocenters. The lowest BCUT2D eigenvalue weighted by molar-refractivity contribution is 0.0247. The lowest BCUT2D eigenvalue weighted by Crippen LogP contribution is -2.49. The average Bonchev–Trinajstić information content (AvgIpc) is 3.33. The molecule has 0 atom stereocenters. The van der Waals surface area contributed by atoms with Gasteiger partial charge in [0.05, 0.1) is 44.3 Å². The van der Waals surface area contributed by atoms with Gasteiger partial charge in [0.25, 0.3) is 5.91 Å². The van der Waals surface area contributed by atoms with Crippen molar-refractivity contribution in [2.45, 2.75) is 19.9 Å². The van der Waals surface area contributed by atoms with Gasteiger partial charge in [0.1, 0.15) is 12.4 Å². The van der Waals surface area contributed by atoms with Gasteiger partial charge in [0.2, 0.25) is 0 Å². The molecule has 3 N–H and O–H groups in total. The largest absolute Gasteiger partial charge is 0.491 e. The average molecular weight is 512 g/mol. The molecule has 2 aromatic heterocycles. The van der Waals surface area contributed by atoms with Gasteiger partial charge in [0, 0.05) is 61.6 Å². The first-order chi connectivity index (χ1) is 18.1. The number of amides is 1. The zero-order valence-corrected chi connectivity index (χ0v) is 21.6. The van der Waals surface area contributed by atoms with Gasteiger partial charge >= 0.3 is 0 Å². The number of H-pyrrole nitrogens is 1. The van der Waals surface area contributed by atoms with Crippen LogP contribution in [0.5, 0.6) is 5.75 Å². The Morgan fingerprint density at radius 1 is 1.08 bits per heavy atom. The summed E-state index contributed by atoms with van der Waals surface area (Å²) in [4.78, 5) is 25.3. The predicted octanol–water partition coefficient (Wildman–Crippen LogP) is 2.75. The van der Waals surface area contributed by atoms with Crippen molar-refractivity contribution in [3.63, 3.8) is 0 Å². The number of ether oxygens (including phenoxy) is 3. The number of carbonyl (C=O) groups is 1. The van der Waals surface area contributed by atoms with Crippen molar-refractivity contribution >= 4 is 28.3 Å². The highest BCUT2D eigenvalue weighted by Crippen LogP contribution is 2.27. The van der Waals surface area contributed by atoms with Gasteiger partial charge in [-0.25, -0.2) is 4.98 Å². The number of nitrogens with one attached hydrogen (secondary N) is 2. The third kappa shape index (κ3) is 7.12. The molecule has 1 saturated heterocycles. The summed E-state index contributed by atoms with van der Waals surface area (Å²) in [6, 6.07) is 10.00. The van der Waals surface area contributed by atoms with Gasteiger partial charge < -0.3 is 39.4 Å². The molecule has 37 heavy (non-hydrogen) atoms. The van der Waals surface area contributed by atoms with Crippen LogP contribution in [0.2, 0.25) is 0 Å². The van der Waals surface area contributed by atoms with E-state index in [1.165, 1.54) is 0 Å². The number of anilines is 2. The number of nitrogens with zero attached hydrogens (tertiary/aromatic N) is 3. The van der Waals surface area contributed by atoms with E-state index in [0.29, 0.717) is 63.5 Å². The summed E-state index contributed by atoms with van der Waals surface area (Å²) in [5, 5.41) is 13.0. The number of pyridine rings is 1. The van der Waals surface area contributed by atoms with Crippen molar-refractivity contribution in [2.24, 2.45) is 0 Å². The molecule has 3 heterocycles. The van der Waals surface area contributed by atoms with Crippen LogP contribution in [-0.4, -0.2) is 97.7 Å². The molecule has 4 rings (SSSR count). The fourth-order valence-corrected chi connectivity index (χ4v) is 4.34. The number of aliphatic hydroxyl groups excluding tert-OH is 1. The van der Waals surface area contributed by atoms with Crippen molar-refractivity contribution in [3.8, 4) is 5.75 Å². The molecule has 1 amide bonds. The normalized spacial score (nSPS) is 13.9. The Kier molecular flexibility index (Phi) is 9.58. The van der Waals surface area contributed by atoms with E-state index in [1.807, 2.05) is 41.4 Å². The molecular weight excluding hydrogens is 474 g/mol. The summed E-state index contributed by atoms with van der Waals surface area (Å²) >= 11 is 0. The lowest BCUT2D eigenvalue weighted by Gasteiger charge is -2.36. The molecule has 0 aliphatic carbocycles. The number of aromatic nitrogens is 2. The number of fused-ring (bicyclic) bond motifs is 1. The number of piperazine rings is 1. The Morgan fingerprint density at radius 2 is 1.84 bits per heavy atom. The summed E-state index contributed by atoms with van der Waals surface area (Å²) in [7, 11) is 0. The van der Waals surface area contributed by atoms with E-state index in [9.17, 15) is 4.79 Å². The number of carbonyl (C=O) groups excluding carboxylic acids is 1. The molecule has 10 heteroatoms. The van der Waals surface area contributed by atoms with Crippen molar-refractivity contribution in [3.05, 3.63) is 48.3 Å². The Morgan fingerprint density at radius 3 is 2.59 bits per heavy atom. The van der Waals surface area contributed by atoms with Crippen molar-refractivity contribution in [2.75, 3.05) is 76.0 Å². The molecule has 1 aliphatic rings. The maximum Gasteiger partial charge on any atom is 0.256 e. The van der Waals surface area contributed by atoms with Crippen LogP contribution >= 0.6 is 0 Å². The van der Waals surface area contributed by atoms with E-state index < -0.39 is 0 Å². The van der Waals surface area contributed by atoms with Gasteiger partial charge in [-0.2, -0.15) is 0 Å². The van der Waals surface area contributed by atoms with Crippen LogP contribution in [0.4, 0.5) is 11.5 Å². The smallest absolute Gasteiger partial charge is 0.256 e. The van der Waals surface area contributed by atoms with Crippen LogP contribution in [0.15, 0.2) is 42.7 Å². The highest BCUT2D eigenvalue weighted by atomic mass is 16.5. The molecule has 0 saturated carbocycles. The summed E-state index contributed by atoms with van der Waals surface area (Å²) in [5.41, 5.74) is 2.54. The Bertz CT molecular complexity index is 1140. The summed E-state index contributed by atoms with van der Waals surface area (Å²) < 4.78 is 16.4. The van der Waals surface area contributed by atoms with Gasteiger partial charge in [-0.15, -0.1) is 0 Å². The van der Waals surface area contributed by atoms with Crippen LogP contribution < -0.4 is 15.0 Å². The number of rotatable bonds is 13. The third-order valence-electron chi connectivity index (χ3n) is 6.08. The van der Waals surface area contributed by atoms with Crippen LogP contribution in [0.25, 0.3) is 10.9 Å². The first kappa shape index (κ1) is 26.7. The van der Waals surface area contributed by atoms with E-state index in [1.54, 1.807) is 6.20 Å². The van der Waals surface area contributed by atoms with E-state index in [2.05, 4.69) is 34.0 Å². The number of aromatic amines is 1. The molecule has 0 bridgehead atoms. The Labute approximate surface area is 217 Å². The van der Waals surface area contributed by atoms with Gasteiger partial charge in [-0.3, -0.25) is 4.79 Å². The monoisotopic (exact) mass is 511 g/mol. The summed E-state index contributed by atoms with van der Waals surface area (Å²) in [5.74, 6) is 1.67. The fourth-order valence-electron chi connectivity index (χ4n) is 4.34. The SMILES string of the molecule is CC(C)Nc1cccnc1N1CCN(C(=O)c2c[nH]c3cc(OCCOCCOCCO)ccc23)CC1. The molecule has 0 spiro atoms. The minimum atomic E-state index is 0.0114. The molecular formula is C27H37N5O5. The second-order valence-electron chi connectivity index (χ2n) is 9.16. The summed E-state index contributed by atoms with van der Waals surface area (Å²) in [6.07, 6.45) is 3.59. The minimum Gasteiger partial charge on any atom is -0.491 e. The Hall–Kier alpha value is -3.34. The van der Waals surface area contributed by atoms with Crippen molar-refractivity contribution < 1.29 is 24.1 Å². The number of hydrogen-bond acceptors (Lipinski definition) is 8. The standard InChI is InChI=1S/C27H37N5O5/c1-20(2)30-24-4-3-7-28-26(24)31-8-10-32(11-9-31)27(34)23-19-29-25-18-21(5-6-22(23)25)37-17-16-36-15-14-35-13-12-33/h3-7,18-20,29-30,33H,8-17H2,1-2H3. The highest BCUT2D eigenvalue weighted by molar-refractivity contribution is 6.07. The van der Waals surface area contributed by atoms with Crippen LogP contribution in [0.1, 0.15) is 24.2 Å². The highest BCUT2D eigenvalue weighted by Gasteiger charge is 2.26. The lowest BCUT2D eigenvalue weighted by atomic mass is 10.1. The van der Waals surface area contributed by atoms with Gasteiger partial charge in [0.15, 0.2) is 5.82 Å². The maximum atomic E-state index is 13.3. The zero-order chi connectivity index (χ0) is 26.0. The second-order valence-corrected chi connectivity index (χ2v) is 9.16. The summed E-state index contributed by atoms with van der Waals surface area (Å²) in [6.45, 7) is 9.02. The van der Waals surface area contributed by atoms with E-state index in [-0.39, 0.29) is 12.5 Å². The predicted molar refractivity (Wildman–Crippen MR) is 144 cm³/mol. The number of aliphatic hydroxyl groups is 1. The fraction of sp³-hybridized carbons (Fsp3) is 0.481. The maximum absolute atomic E-state index is 13.3. The van der Waals surface area contributed by atoms with E-state index in [4.69, 9.17) is 19.3 Å². The van der Waals surface area contributed by atoms with Gasteiger partial charge in [-0.1, -0.05) is 0 Å². The Balaban J connectivity index is 1.29.